The highest BCUT2D eigenvalue weighted by molar-refractivity contribution is 6.18. The molecule has 0 fully saturated rings. The van der Waals surface area contributed by atoms with Gasteiger partial charge in [-0.3, -0.25) is 0 Å². The van der Waals surface area contributed by atoms with Crippen LogP contribution in [0.15, 0.2) is 0 Å². The molecule has 0 aliphatic carbocycles. The number of hydrogen-bond donors (Lipinski definition) is 0. The zero-order chi connectivity index (χ0) is 6.62. The summed E-state index contributed by atoms with van der Waals surface area (Å²) in [6.07, 6.45) is 0.677. The topological polar surface area (TPSA) is 19.9 Å². The average Bonchev–Trinajstić information content (AvgIpc) is 1.67. The zero-order valence-corrected chi connectivity index (χ0v) is 6.16. The van der Waals surface area contributed by atoms with Gasteiger partial charge in [0.2, 0.25) is 0 Å². The fraction of sp³-hybridized carbons (Fsp3) is 1.00. The van der Waals surface area contributed by atoms with Crippen LogP contribution in [0, 0.1) is 5.41 Å². The van der Waals surface area contributed by atoms with Gasteiger partial charge in [-0.25, -0.2) is 5.11 Å². The minimum atomic E-state index is -0.0142. The van der Waals surface area contributed by atoms with Crippen LogP contribution < -0.4 is 0 Å². The molecule has 0 amide bonds. The lowest BCUT2D eigenvalue weighted by atomic mass is 9.93. The Labute approximate surface area is 55.7 Å². The molecule has 0 rings (SSSR count). The molecule has 1 radical (unpaired) electrons. The Morgan fingerprint density at radius 1 is 1.50 bits per heavy atom. The Hall–Kier alpha value is 0.250. The molecule has 49 valence electrons. The van der Waals surface area contributed by atoms with Crippen molar-refractivity contribution in [2.45, 2.75) is 20.3 Å². The summed E-state index contributed by atoms with van der Waals surface area (Å²) in [7, 11) is 0. The van der Waals surface area contributed by atoms with Crippen molar-refractivity contribution in [1.82, 2.24) is 0 Å². The normalized spacial score (nSPS) is 12.0. The molecule has 0 saturated carbocycles. The molecule has 2 heteroatoms. The van der Waals surface area contributed by atoms with Gasteiger partial charge in [-0.05, 0) is 11.8 Å². The van der Waals surface area contributed by atoms with Gasteiger partial charge in [0.1, 0.15) is 0 Å². The molecule has 0 spiro atoms. The van der Waals surface area contributed by atoms with Crippen molar-refractivity contribution in [3.8, 4) is 0 Å². The molecule has 0 aliphatic heterocycles. The SMILES string of the molecule is CC(C)(CCl)CC[O]. The van der Waals surface area contributed by atoms with E-state index in [1.165, 1.54) is 0 Å². The molecular formula is C6H12ClO. The van der Waals surface area contributed by atoms with Gasteiger partial charge in [-0.1, -0.05) is 13.8 Å². The van der Waals surface area contributed by atoms with Crippen LogP contribution in [-0.4, -0.2) is 12.5 Å². The molecule has 0 aromatic rings. The van der Waals surface area contributed by atoms with Crippen LogP contribution in [0.4, 0.5) is 0 Å². The minimum absolute atomic E-state index is 0.0142. The Morgan fingerprint density at radius 2 is 2.00 bits per heavy atom. The second-order valence-electron chi connectivity index (χ2n) is 2.75. The molecule has 0 aromatic heterocycles. The first kappa shape index (κ1) is 8.25. The van der Waals surface area contributed by atoms with Gasteiger partial charge in [0.25, 0.3) is 0 Å². The Kier molecular flexibility index (Phi) is 3.41. The summed E-state index contributed by atoms with van der Waals surface area (Å²) in [5.74, 6) is 0.579. The lowest BCUT2D eigenvalue weighted by Gasteiger charge is -2.18. The molecule has 0 bridgehead atoms. The Bertz CT molecular complexity index is 61.5. The molecule has 0 aliphatic rings. The van der Waals surface area contributed by atoms with Crippen molar-refractivity contribution in [2.75, 3.05) is 12.5 Å². The van der Waals surface area contributed by atoms with Gasteiger partial charge in [-0.15, -0.1) is 11.6 Å². The van der Waals surface area contributed by atoms with Crippen LogP contribution in [0.1, 0.15) is 20.3 Å². The van der Waals surface area contributed by atoms with Crippen LogP contribution in [0.5, 0.6) is 0 Å². The van der Waals surface area contributed by atoms with Gasteiger partial charge in [0.05, 0.1) is 6.61 Å². The maximum absolute atomic E-state index is 10.0. The van der Waals surface area contributed by atoms with E-state index in [4.69, 9.17) is 11.6 Å². The van der Waals surface area contributed by atoms with Gasteiger partial charge >= 0.3 is 0 Å². The van der Waals surface area contributed by atoms with Crippen LogP contribution in [-0.2, 0) is 5.11 Å². The molecule has 0 saturated heterocycles. The quantitative estimate of drug-likeness (QED) is 0.528. The summed E-state index contributed by atoms with van der Waals surface area (Å²) in [5, 5.41) is 10.0. The molecule has 1 nitrogen and oxygen atoms in total. The molecular weight excluding hydrogens is 124 g/mol. The summed E-state index contributed by atoms with van der Waals surface area (Å²) in [5.41, 5.74) is 0.0449. The molecule has 0 heterocycles. The Morgan fingerprint density at radius 3 is 2.12 bits per heavy atom. The van der Waals surface area contributed by atoms with E-state index < -0.39 is 0 Å². The monoisotopic (exact) mass is 135 g/mol. The largest absolute Gasteiger partial charge is 0.237 e. The fourth-order valence-corrected chi connectivity index (χ4v) is 0.477. The van der Waals surface area contributed by atoms with Crippen molar-refractivity contribution in [3.63, 3.8) is 0 Å². The molecule has 0 atom stereocenters. The first-order valence-corrected chi connectivity index (χ1v) is 3.30. The van der Waals surface area contributed by atoms with E-state index in [1.807, 2.05) is 13.8 Å². The summed E-state index contributed by atoms with van der Waals surface area (Å²) in [4.78, 5) is 0. The van der Waals surface area contributed by atoms with Crippen molar-refractivity contribution in [2.24, 2.45) is 5.41 Å². The van der Waals surface area contributed by atoms with Crippen molar-refractivity contribution >= 4 is 11.6 Å². The van der Waals surface area contributed by atoms with E-state index >= 15 is 0 Å². The third-order valence-electron chi connectivity index (χ3n) is 1.14. The number of halogens is 1. The second kappa shape index (κ2) is 3.31. The summed E-state index contributed by atoms with van der Waals surface area (Å²) in [6, 6.07) is 0. The predicted octanol–water partition coefficient (Wildman–Crippen LogP) is 2.07. The van der Waals surface area contributed by atoms with Crippen molar-refractivity contribution in [1.29, 1.82) is 0 Å². The van der Waals surface area contributed by atoms with E-state index in [0.29, 0.717) is 12.3 Å². The highest BCUT2D eigenvalue weighted by atomic mass is 35.5. The fourth-order valence-electron chi connectivity index (χ4n) is 0.343. The second-order valence-corrected chi connectivity index (χ2v) is 3.02. The van der Waals surface area contributed by atoms with E-state index in [2.05, 4.69) is 0 Å². The summed E-state index contributed by atoms with van der Waals surface area (Å²) >= 11 is 5.53. The molecule has 0 N–H and O–H groups in total. The van der Waals surface area contributed by atoms with E-state index in [-0.39, 0.29) is 12.0 Å². The van der Waals surface area contributed by atoms with Gasteiger partial charge < -0.3 is 0 Å². The van der Waals surface area contributed by atoms with E-state index in [1.54, 1.807) is 0 Å². The summed E-state index contributed by atoms with van der Waals surface area (Å²) < 4.78 is 0. The maximum Gasteiger partial charge on any atom is 0.0827 e. The maximum atomic E-state index is 10.0. The zero-order valence-electron chi connectivity index (χ0n) is 5.41. The first-order valence-electron chi connectivity index (χ1n) is 2.76. The third-order valence-corrected chi connectivity index (χ3v) is 1.86. The van der Waals surface area contributed by atoms with Crippen molar-refractivity contribution < 1.29 is 5.11 Å². The molecule has 8 heavy (non-hydrogen) atoms. The number of hydrogen-bond acceptors (Lipinski definition) is 0. The number of rotatable bonds is 3. The van der Waals surface area contributed by atoms with Crippen LogP contribution >= 0.6 is 11.6 Å². The van der Waals surface area contributed by atoms with Crippen molar-refractivity contribution in [3.05, 3.63) is 0 Å². The van der Waals surface area contributed by atoms with Gasteiger partial charge in [0.15, 0.2) is 0 Å². The van der Waals surface area contributed by atoms with E-state index in [9.17, 15) is 5.11 Å². The average molecular weight is 136 g/mol. The van der Waals surface area contributed by atoms with E-state index in [0.717, 1.165) is 0 Å². The smallest absolute Gasteiger partial charge is 0.0827 e. The molecule has 0 unspecified atom stereocenters. The lowest BCUT2D eigenvalue weighted by molar-refractivity contribution is 0.153. The highest BCUT2D eigenvalue weighted by Crippen LogP contribution is 2.20. The first-order chi connectivity index (χ1) is 3.62. The van der Waals surface area contributed by atoms with Gasteiger partial charge in [0, 0.05) is 5.88 Å². The molecule has 0 aromatic carbocycles. The van der Waals surface area contributed by atoms with Gasteiger partial charge in [-0.2, -0.15) is 0 Å². The minimum Gasteiger partial charge on any atom is -0.237 e. The predicted molar refractivity (Wildman–Crippen MR) is 34.7 cm³/mol. The van der Waals surface area contributed by atoms with Crippen LogP contribution in [0.2, 0.25) is 0 Å². The summed E-state index contributed by atoms with van der Waals surface area (Å²) in [6.45, 7) is 3.98. The third kappa shape index (κ3) is 3.28. The highest BCUT2D eigenvalue weighted by Gasteiger charge is 2.14. The van der Waals surface area contributed by atoms with Crippen LogP contribution in [0.3, 0.4) is 0 Å². The van der Waals surface area contributed by atoms with Crippen LogP contribution in [0.25, 0.3) is 0 Å². The standard InChI is InChI=1S/C6H12ClO/c1-6(2,5-7)3-4-8/h3-5H2,1-2H3. The Balaban J connectivity index is 3.37. The number of alkyl halides is 1. The lowest BCUT2D eigenvalue weighted by Crippen LogP contribution is -2.14.